The van der Waals surface area contributed by atoms with Crippen molar-refractivity contribution in [2.24, 2.45) is 5.92 Å². The van der Waals surface area contributed by atoms with Crippen LogP contribution >= 0.6 is 15.9 Å². The van der Waals surface area contributed by atoms with Crippen LogP contribution in [0.4, 0.5) is 5.82 Å². The highest BCUT2D eigenvalue weighted by molar-refractivity contribution is 9.09. The van der Waals surface area contributed by atoms with Crippen molar-refractivity contribution >= 4 is 32.5 Å². The van der Waals surface area contributed by atoms with Crippen LogP contribution in [0.25, 0.3) is 10.8 Å². The first-order valence-electron chi connectivity index (χ1n) is 5.75. The topological polar surface area (TPSA) is 37.8 Å². The minimum atomic E-state index is 0.356. The lowest BCUT2D eigenvalue weighted by Crippen LogP contribution is -2.25. The first-order valence-corrected chi connectivity index (χ1v) is 6.87. The molecule has 0 aliphatic carbocycles. The molecule has 0 aliphatic heterocycles. The number of aromatic nitrogens is 2. The molecule has 1 heterocycles. The van der Waals surface area contributed by atoms with Gasteiger partial charge in [0.15, 0.2) is 5.82 Å². The predicted octanol–water partition coefficient (Wildman–Crippen LogP) is 3.46. The Morgan fingerprint density at radius 1 is 1.29 bits per heavy atom. The maximum atomic E-state index is 4.19. The first-order chi connectivity index (χ1) is 8.22. The fourth-order valence-corrected chi connectivity index (χ4v) is 2.19. The van der Waals surface area contributed by atoms with Crippen LogP contribution in [0.3, 0.4) is 0 Å². The van der Waals surface area contributed by atoms with Gasteiger partial charge in [0.05, 0.1) is 6.20 Å². The third-order valence-electron chi connectivity index (χ3n) is 3.03. The van der Waals surface area contributed by atoms with Crippen molar-refractivity contribution in [1.29, 1.82) is 0 Å². The predicted molar refractivity (Wildman–Crippen MR) is 75.6 cm³/mol. The minimum absolute atomic E-state index is 0.356. The third kappa shape index (κ3) is 2.75. The molecule has 0 fully saturated rings. The van der Waals surface area contributed by atoms with Crippen LogP contribution in [0, 0.1) is 5.92 Å². The van der Waals surface area contributed by atoms with E-state index in [9.17, 15) is 0 Å². The fourth-order valence-electron chi connectivity index (χ4n) is 1.63. The number of nitrogens with zero attached hydrogens (tertiary/aromatic N) is 2. The van der Waals surface area contributed by atoms with Gasteiger partial charge < -0.3 is 5.32 Å². The van der Waals surface area contributed by atoms with Crippen molar-refractivity contribution in [3.63, 3.8) is 0 Å². The lowest BCUT2D eigenvalue weighted by Gasteiger charge is -2.20. The smallest absolute Gasteiger partial charge is 0.156 e. The molecule has 0 spiro atoms. The van der Waals surface area contributed by atoms with E-state index in [0.29, 0.717) is 12.0 Å². The molecule has 2 unspecified atom stereocenters. The van der Waals surface area contributed by atoms with E-state index >= 15 is 0 Å². The number of alkyl halides is 1. The van der Waals surface area contributed by atoms with Gasteiger partial charge in [-0.3, -0.25) is 0 Å². The van der Waals surface area contributed by atoms with Crippen molar-refractivity contribution in [3.8, 4) is 0 Å². The molecule has 1 N–H and O–H groups in total. The summed E-state index contributed by atoms with van der Waals surface area (Å²) in [6, 6.07) is 8.51. The molecule has 0 radical (unpaired) electrons. The van der Waals surface area contributed by atoms with Crippen molar-refractivity contribution < 1.29 is 0 Å². The molecule has 0 bridgehead atoms. The largest absolute Gasteiger partial charge is 0.365 e. The summed E-state index contributed by atoms with van der Waals surface area (Å²) in [5, 5.41) is 14.9. The number of benzene rings is 1. The Morgan fingerprint density at radius 2 is 2.06 bits per heavy atom. The molecule has 0 amide bonds. The molecule has 17 heavy (non-hydrogen) atoms. The normalized spacial score (nSPS) is 14.5. The molecule has 2 rings (SSSR count). The highest BCUT2D eigenvalue weighted by atomic mass is 79.9. The van der Waals surface area contributed by atoms with Crippen LogP contribution in [-0.2, 0) is 0 Å². The molecule has 4 heteroatoms. The van der Waals surface area contributed by atoms with Crippen molar-refractivity contribution in [1.82, 2.24) is 10.2 Å². The monoisotopic (exact) mass is 293 g/mol. The van der Waals surface area contributed by atoms with E-state index in [1.807, 2.05) is 18.2 Å². The van der Waals surface area contributed by atoms with Crippen LogP contribution in [0.5, 0.6) is 0 Å². The molecule has 3 nitrogen and oxygen atoms in total. The molecule has 0 saturated carbocycles. The van der Waals surface area contributed by atoms with Crippen LogP contribution in [-0.4, -0.2) is 21.6 Å². The van der Waals surface area contributed by atoms with E-state index in [-0.39, 0.29) is 0 Å². The minimum Gasteiger partial charge on any atom is -0.365 e. The van der Waals surface area contributed by atoms with Gasteiger partial charge in [-0.25, -0.2) is 0 Å². The third-order valence-corrected chi connectivity index (χ3v) is 4.05. The lowest BCUT2D eigenvalue weighted by atomic mass is 10.1. The van der Waals surface area contributed by atoms with Gasteiger partial charge in [-0.1, -0.05) is 47.1 Å². The van der Waals surface area contributed by atoms with Crippen molar-refractivity contribution in [3.05, 3.63) is 30.5 Å². The number of hydrogen-bond acceptors (Lipinski definition) is 3. The van der Waals surface area contributed by atoms with E-state index < -0.39 is 0 Å². The summed E-state index contributed by atoms with van der Waals surface area (Å²) < 4.78 is 0. The summed E-state index contributed by atoms with van der Waals surface area (Å²) >= 11 is 3.50. The van der Waals surface area contributed by atoms with Gasteiger partial charge in [0.1, 0.15) is 0 Å². The Morgan fingerprint density at radius 3 is 2.82 bits per heavy atom. The van der Waals surface area contributed by atoms with E-state index in [1.165, 1.54) is 0 Å². The zero-order valence-electron chi connectivity index (χ0n) is 10.0. The Bertz CT molecular complexity index is 495. The maximum absolute atomic E-state index is 4.19. The number of nitrogens with one attached hydrogen (secondary N) is 1. The van der Waals surface area contributed by atoms with Crippen LogP contribution in [0.15, 0.2) is 30.5 Å². The highest BCUT2D eigenvalue weighted by Crippen LogP contribution is 2.21. The van der Waals surface area contributed by atoms with E-state index in [0.717, 1.165) is 21.9 Å². The van der Waals surface area contributed by atoms with Crippen LogP contribution in [0.1, 0.15) is 13.8 Å². The molecular formula is C13H16BrN3. The standard InChI is InChI=1S/C13H16BrN3/c1-9(7-14)10(2)16-13-12-6-4-3-5-11(12)8-15-17-13/h3-6,8-10H,7H2,1-2H3,(H,16,17). The van der Waals surface area contributed by atoms with Crippen molar-refractivity contribution in [2.45, 2.75) is 19.9 Å². The second-order valence-corrected chi connectivity index (χ2v) is 4.99. The van der Waals surface area contributed by atoms with Crippen LogP contribution in [0.2, 0.25) is 0 Å². The van der Waals surface area contributed by atoms with Gasteiger partial charge in [0.25, 0.3) is 0 Å². The van der Waals surface area contributed by atoms with Crippen LogP contribution < -0.4 is 5.32 Å². The quantitative estimate of drug-likeness (QED) is 0.878. The van der Waals surface area contributed by atoms with Gasteiger partial charge in [0.2, 0.25) is 0 Å². The number of hydrogen-bond donors (Lipinski definition) is 1. The summed E-state index contributed by atoms with van der Waals surface area (Å²) in [5.41, 5.74) is 0. The van der Waals surface area contributed by atoms with Gasteiger partial charge in [0, 0.05) is 22.1 Å². The molecule has 1 aromatic heterocycles. The Kier molecular flexibility index (Phi) is 3.94. The van der Waals surface area contributed by atoms with Gasteiger partial charge >= 0.3 is 0 Å². The van der Waals surface area contributed by atoms with Gasteiger partial charge in [-0.2, -0.15) is 5.10 Å². The second kappa shape index (κ2) is 5.45. The van der Waals surface area contributed by atoms with E-state index in [1.54, 1.807) is 6.20 Å². The molecule has 2 aromatic rings. The summed E-state index contributed by atoms with van der Waals surface area (Å²) in [6.45, 7) is 4.36. The first kappa shape index (κ1) is 12.3. The maximum Gasteiger partial charge on any atom is 0.156 e. The summed E-state index contributed by atoms with van der Waals surface area (Å²) in [6.07, 6.45) is 1.79. The zero-order valence-corrected chi connectivity index (χ0v) is 11.6. The Balaban J connectivity index is 2.30. The summed E-state index contributed by atoms with van der Waals surface area (Å²) in [5.74, 6) is 1.40. The molecule has 0 aliphatic rings. The molecule has 90 valence electrons. The fraction of sp³-hybridized carbons (Fsp3) is 0.385. The number of fused-ring (bicyclic) bond motifs is 1. The summed E-state index contributed by atoms with van der Waals surface area (Å²) in [4.78, 5) is 0. The number of rotatable bonds is 4. The molecular weight excluding hydrogens is 278 g/mol. The molecule has 0 saturated heterocycles. The van der Waals surface area contributed by atoms with Crippen molar-refractivity contribution in [2.75, 3.05) is 10.6 Å². The Hall–Kier alpha value is -1.16. The van der Waals surface area contributed by atoms with E-state index in [4.69, 9.17) is 0 Å². The molecule has 1 aromatic carbocycles. The zero-order chi connectivity index (χ0) is 12.3. The lowest BCUT2D eigenvalue weighted by molar-refractivity contribution is 0.570. The SMILES string of the molecule is CC(CBr)C(C)Nc1nncc2ccccc12. The summed E-state index contributed by atoms with van der Waals surface area (Å²) in [7, 11) is 0. The average molecular weight is 294 g/mol. The van der Waals surface area contributed by atoms with Gasteiger partial charge in [-0.05, 0) is 12.8 Å². The second-order valence-electron chi connectivity index (χ2n) is 4.35. The van der Waals surface area contributed by atoms with E-state index in [2.05, 4.69) is 51.4 Å². The highest BCUT2D eigenvalue weighted by Gasteiger charge is 2.12. The number of anilines is 1. The number of halogens is 1. The molecule has 2 atom stereocenters. The average Bonchev–Trinajstić information content (AvgIpc) is 2.38. The Labute approximate surface area is 110 Å². The van der Waals surface area contributed by atoms with Gasteiger partial charge in [-0.15, -0.1) is 5.10 Å².